The lowest BCUT2D eigenvalue weighted by Crippen LogP contribution is -1.78. The number of aromatic nitrogens is 1. The Labute approximate surface area is 120 Å². The van der Waals surface area contributed by atoms with Gasteiger partial charge in [0.05, 0.1) is 12.5 Å². The zero-order valence-electron chi connectivity index (χ0n) is 10.6. The maximum Gasteiger partial charge on any atom is 0.0980 e. The van der Waals surface area contributed by atoms with Gasteiger partial charge in [0.1, 0.15) is 0 Å². The number of hydrogen-bond acceptors (Lipinski definition) is 3. The molecule has 0 bridgehead atoms. The fraction of sp³-hybridized carbons (Fsp3) is 0. The molecule has 0 fully saturated rings. The van der Waals surface area contributed by atoms with Crippen LogP contribution in [0.1, 0.15) is 0 Å². The molecule has 0 atom stereocenters. The number of rotatable bonds is 2. The van der Waals surface area contributed by atoms with E-state index in [1.165, 1.54) is 21.2 Å². The van der Waals surface area contributed by atoms with E-state index in [-0.39, 0.29) is 0 Å². The molecule has 0 saturated heterocycles. The van der Waals surface area contributed by atoms with Crippen molar-refractivity contribution in [2.24, 2.45) is 0 Å². The van der Waals surface area contributed by atoms with E-state index in [0.717, 1.165) is 11.1 Å². The molecule has 0 N–H and O–H groups in total. The molecule has 1 aromatic carbocycles. The largest absolute Gasteiger partial charge is 0.472 e. The maximum atomic E-state index is 5.15. The molecular weight excluding hydrogens is 266 g/mol. The number of thiophene rings is 1. The summed E-state index contributed by atoms with van der Waals surface area (Å²) in [4.78, 5) is 4.20. The van der Waals surface area contributed by atoms with E-state index >= 15 is 0 Å². The average molecular weight is 277 g/mol. The van der Waals surface area contributed by atoms with Crippen LogP contribution in [0.2, 0.25) is 0 Å². The van der Waals surface area contributed by atoms with Gasteiger partial charge in [0, 0.05) is 39.2 Å². The molecule has 3 heterocycles. The van der Waals surface area contributed by atoms with Crippen molar-refractivity contribution in [2.45, 2.75) is 0 Å². The summed E-state index contributed by atoms with van der Waals surface area (Å²) in [6, 6.07) is 12.6. The highest BCUT2D eigenvalue weighted by Gasteiger charge is 2.08. The predicted molar refractivity (Wildman–Crippen MR) is 82.8 cm³/mol. The highest BCUT2D eigenvalue weighted by atomic mass is 32.1. The quantitative estimate of drug-likeness (QED) is 0.502. The normalized spacial score (nSPS) is 11.0. The van der Waals surface area contributed by atoms with Crippen molar-refractivity contribution in [3.63, 3.8) is 0 Å². The van der Waals surface area contributed by atoms with Crippen LogP contribution in [-0.2, 0) is 0 Å². The van der Waals surface area contributed by atoms with Gasteiger partial charge in [-0.2, -0.15) is 0 Å². The van der Waals surface area contributed by atoms with Crippen molar-refractivity contribution in [3.05, 3.63) is 66.7 Å². The molecule has 0 unspecified atom stereocenters. The minimum absolute atomic E-state index is 1.11. The molecule has 0 aliphatic heterocycles. The van der Waals surface area contributed by atoms with Crippen LogP contribution >= 0.6 is 11.3 Å². The summed E-state index contributed by atoms with van der Waals surface area (Å²) in [6.45, 7) is 0. The van der Waals surface area contributed by atoms with E-state index in [9.17, 15) is 0 Å². The molecule has 4 aromatic rings. The number of hydrogen-bond donors (Lipinski definition) is 0. The second-order valence-electron chi connectivity index (χ2n) is 4.61. The van der Waals surface area contributed by atoms with Crippen LogP contribution in [0.25, 0.3) is 32.3 Å². The highest BCUT2D eigenvalue weighted by molar-refractivity contribution is 7.17. The predicted octanol–water partition coefficient (Wildman–Crippen LogP) is 5.22. The molecule has 96 valence electrons. The second kappa shape index (κ2) is 4.62. The van der Waals surface area contributed by atoms with Gasteiger partial charge in [-0.3, -0.25) is 4.98 Å². The van der Waals surface area contributed by atoms with Gasteiger partial charge >= 0.3 is 0 Å². The summed E-state index contributed by atoms with van der Waals surface area (Å²) in [5, 5.41) is 3.47. The third-order valence-electron chi connectivity index (χ3n) is 3.40. The summed E-state index contributed by atoms with van der Waals surface area (Å²) < 4.78 is 6.43. The van der Waals surface area contributed by atoms with Crippen molar-refractivity contribution in [1.29, 1.82) is 0 Å². The zero-order valence-corrected chi connectivity index (χ0v) is 11.4. The van der Waals surface area contributed by atoms with E-state index < -0.39 is 0 Å². The lowest BCUT2D eigenvalue weighted by molar-refractivity contribution is 0.568. The van der Waals surface area contributed by atoms with Crippen molar-refractivity contribution >= 4 is 21.4 Å². The Balaban J connectivity index is 1.87. The first kappa shape index (κ1) is 11.4. The van der Waals surface area contributed by atoms with Gasteiger partial charge in [0.2, 0.25) is 0 Å². The molecule has 3 aromatic heterocycles. The van der Waals surface area contributed by atoms with Crippen LogP contribution in [0.5, 0.6) is 0 Å². The van der Waals surface area contributed by atoms with Gasteiger partial charge in [0.25, 0.3) is 0 Å². The van der Waals surface area contributed by atoms with E-state index in [2.05, 4.69) is 34.6 Å². The van der Waals surface area contributed by atoms with Gasteiger partial charge in [-0.15, -0.1) is 11.3 Å². The summed E-state index contributed by atoms with van der Waals surface area (Å²) in [6.07, 6.45) is 7.19. The Kier molecular flexibility index (Phi) is 2.64. The number of furan rings is 1. The van der Waals surface area contributed by atoms with Crippen molar-refractivity contribution in [3.8, 4) is 22.3 Å². The Bertz CT molecular complexity index is 847. The van der Waals surface area contributed by atoms with Gasteiger partial charge < -0.3 is 4.42 Å². The standard InChI is InChI=1S/C17H11NOS/c1-2-13(9-18-6-1)16-11-20-17-8-12(3-4-15(16)17)14-5-7-19-10-14/h1-11H. The Morgan fingerprint density at radius 2 is 2.00 bits per heavy atom. The first-order valence-corrected chi connectivity index (χ1v) is 7.24. The second-order valence-corrected chi connectivity index (χ2v) is 5.53. The molecule has 0 spiro atoms. The first-order valence-electron chi connectivity index (χ1n) is 6.36. The molecule has 0 aliphatic rings. The van der Waals surface area contributed by atoms with Crippen LogP contribution in [0, 0.1) is 0 Å². The Morgan fingerprint density at radius 1 is 1.00 bits per heavy atom. The topological polar surface area (TPSA) is 26.0 Å². The summed E-state index contributed by atoms with van der Waals surface area (Å²) in [7, 11) is 0. The minimum atomic E-state index is 1.11. The summed E-state index contributed by atoms with van der Waals surface area (Å²) in [5.74, 6) is 0. The Hall–Kier alpha value is -2.39. The lowest BCUT2D eigenvalue weighted by atomic mass is 10.0. The van der Waals surface area contributed by atoms with Crippen LogP contribution in [0.4, 0.5) is 0 Å². The van der Waals surface area contributed by atoms with Gasteiger partial charge in [0.15, 0.2) is 0 Å². The fourth-order valence-electron chi connectivity index (χ4n) is 2.38. The van der Waals surface area contributed by atoms with Crippen molar-refractivity contribution in [2.75, 3.05) is 0 Å². The molecule has 20 heavy (non-hydrogen) atoms. The highest BCUT2D eigenvalue weighted by Crippen LogP contribution is 2.36. The first-order chi connectivity index (χ1) is 9.92. The SMILES string of the molecule is c1cncc(-c2csc3cc(-c4ccoc4)ccc23)c1. The number of pyridine rings is 1. The third kappa shape index (κ3) is 1.84. The molecule has 4 rings (SSSR count). The molecule has 0 radical (unpaired) electrons. The molecule has 0 saturated carbocycles. The van der Waals surface area contributed by atoms with Gasteiger partial charge in [-0.25, -0.2) is 0 Å². The van der Waals surface area contributed by atoms with E-state index in [4.69, 9.17) is 4.42 Å². The van der Waals surface area contributed by atoms with Crippen LogP contribution in [0.15, 0.2) is 71.1 Å². The summed E-state index contributed by atoms with van der Waals surface area (Å²) >= 11 is 1.76. The van der Waals surface area contributed by atoms with Crippen LogP contribution < -0.4 is 0 Å². The summed E-state index contributed by atoms with van der Waals surface area (Å²) in [5.41, 5.74) is 4.71. The molecule has 3 heteroatoms. The number of benzene rings is 1. The maximum absolute atomic E-state index is 5.15. The van der Waals surface area contributed by atoms with Crippen molar-refractivity contribution in [1.82, 2.24) is 4.98 Å². The van der Waals surface area contributed by atoms with Crippen LogP contribution in [-0.4, -0.2) is 4.98 Å². The zero-order chi connectivity index (χ0) is 13.4. The lowest BCUT2D eigenvalue weighted by Gasteiger charge is -2.01. The van der Waals surface area contributed by atoms with E-state index in [0.29, 0.717) is 0 Å². The molecule has 0 amide bonds. The van der Waals surface area contributed by atoms with Gasteiger partial charge in [-0.05, 0) is 29.1 Å². The fourth-order valence-corrected chi connectivity index (χ4v) is 3.39. The van der Waals surface area contributed by atoms with Crippen molar-refractivity contribution < 1.29 is 4.42 Å². The Morgan fingerprint density at radius 3 is 2.80 bits per heavy atom. The van der Waals surface area contributed by atoms with Gasteiger partial charge in [-0.1, -0.05) is 18.2 Å². The van der Waals surface area contributed by atoms with Crippen LogP contribution in [0.3, 0.4) is 0 Å². The molecular formula is C17H11NOS. The van der Waals surface area contributed by atoms with E-state index in [1.807, 2.05) is 18.3 Å². The molecule has 0 aliphatic carbocycles. The minimum Gasteiger partial charge on any atom is -0.472 e. The monoisotopic (exact) mass is 277 g/mol. The number of fused-ring (bicyclic) bond motifs is 1. The smallest absolute Gasteiger partial charge is 0.0980 e. The average Bonchev–Trinajstić information content (AvgIpc) is 3.17. The van der Waals surface area contributed by atoms with E-state index in [1.54, 1.807) is 30.1 Å². The third-order valence-corrected chi connectivity index (χ3v) is 4.35. The number of nitrogens with zero attached hydrogens (tertiary/aromatic N) is 1. The molecule has 2 nitrogen and oxygen atoms in total.